The third-order valence-corrected chi connectivity index (χ3v) is 2.60. The van der Waals surface area contributed by atoms with E-state index in [0.29, 0.717) is 6.54 Å². The third-order valence-electron chi connectivity index (χ3n) is 2.26. The molecule has 2 aromatic heterocycles. The molecule has 0 saturated heterocycles. The van der Waals surface area contributed by atoms with E-state index < -0.39 is 0 Å². The molecule has 78 valence electrons. The van der Waals surface area contributed by atoms with Crippen LogP contribution in [-0.2, 0) is 13.0 Å². The second kappa shape index (κ2) is 4.35. The molecule has 1 N–H and O–H groups in total. The molecule has 0 fully saturated rings. The van der Waals surface area contributed by atoms with Gasteiger partial charge in [0.1, 0.15) is 0 Å². The van der Waals surface area contributed by atoms with E-state index in [1.54, 1.807) is 6.20 Å². The first-order valence-electron chi connectivity index (χ1n) is 4.85. The van der Waals surface area contributed by atoms with E-state index in [1.807, 2.05) is 22.9 Å². The van der Waals surface area contributed by atoms with Crippen molar-refractivity contribution in [2.75, 3.05) is 0 Å². The highest BCUT2D eigenvalue weighted by Gasteiger charge is 2.03. The van der Waals surface area contributed by atoms with Crippen LogP contribution in [0.2, 0.25) is 0 Å². The van der Waals surface area contributed by atoms with E-state index in [1.165, 1.54) is 5.69 Å². The molecule has 0 atom stereocenters. The maximum atomic E-state index is 5.20. The summed E-state index contributed by atoms with van der Waals surface area (Å²) in [5.41, 5.74) is 2.11. The fraction of sp³-hybridized carbons (Fsp3) is 0.300. The van der Waals surface area contributed by atoms with Crippen molar-refractivity contribution in [2.24, 2.45) is 0 Å². The summed E-state index contributed by atoms with van der Waals surface area (Å²) in [7, 11) is 0. The van der Waals surface area contributed by atoms with Crippen LogP contribution in [0.3, 0.4) is 0 Å². The zero-order chi connectivity index (χ0) is 10.7. The molecule has 2 rings (SSSR count). The molecule has 0 aliphatic heterocycles. The van der Waals surface area contributed by atoms with Crippen molar-refractivity contribution in [3.05, 3.63) is 40.7 Å². The molecule has 2 aromatic rings. The second-order valence-electron chi connectivity index (χ2n) is 3.24. The smallest absolute Gasteiger partial charge is 0.177 e. The molecule has 2 heterocycles. The monoisotopic (exact) mass is 220 g/mol. The van der Waals surface area contributed by atoms with Crippen LogP contribution < -0.4 is 0 Å². The Bertz CT molecular complexity index is 486. The van der Waals surface area contributed by atoms with E-state index >= 15 is 0 Å². The van der Waals surface area contributed by atoms with Gasteiger partial charge >= 0.3 is 0 Å². The summed E-state index contributed by atoms with van der Waals surface area (Å²) < 4.78 is 2.77. The molecule has 0 aromatic carbocycles. The van der Waals surface area contributed by atoms with Gasteiger partial charge in [-0.05, 0) is 30.8 Å². The number of aryl methyl sites for hydroxylation is 1. The Morgan fingerprint density at radius 1 is 1.53 bits per heavy atom. The van der Waals surface area contributed by atoms with E-state index in [9.17, 15) is 0 Å². The van der Waals surface area contributed by atoms with E-state index in [2.05, 4.69) is 22.1 Å². The Morgan fingerprint density at radius 3 is 3.07 bits per heavy atom. The minimum atomic E-state index is 0.680. The standard InChI is InChI=1S/C10H12N4S/c1-2-9-6-11-10(15)14(9)7-8-4-3-5-12-13-8/h3-6H,2,7H2,1H3,(H,11,15). The van der Waals surface area contributed by atoms with Crippen LogP contribution in [0.15, 0.2) is 24.5 Å². The number of hydrogen-bond donors (Lipinski definition) is 1. The Hall–Kier alpha value is -1.49. The molecule has 0 aliphatic carbocycles. The quantitative estimate of drug-likeness (QED) is 0.804. The lowest BCUT2D eigenvalue weighted by Gasteiger charge is -2.04. The largest absolute Gasteiger partial charge is 0.337 e. The summed E-state index contributed by atoms with van der Waals surface area (Å²) in [5, 5.41) is 7.88. The van der Waals surface area contributed by atoms with Crippen molar-refractivity contribution in [3.63, 3.8) is 0 Å². The molecule has 0 unspecified atom stereocenters. The fourth-order valence-electron chi connectivity index (χ4n) is 1.48. The van der Waals surface area contributed by atoms with E-state index in [0.717, 1.165) is 16.9 Å². The number of aromatic amines is 1. The SMILES string of the molecule is CCc1c[nH]c(=S)n1Cc1cccnn1. The van der Waals surface area contributed by atoms with Crippen LogP contribution in [0.25, 0.3) is 0 Å². The van der Waals surface area contributed by atoms with Gasteiger partial charge in [0, 0.05) is 18.1 Å². The van der Waals surface area contributed by atoms with Crippen molar-refractivity contribution in [1.82, 2.24) is 19.7 Å². The van der Waals surface area contributed by atoms with Crippen LogP contribution >= 0.6 is 12.2 Å². The Kier molecular flexibility index (Phi) is 2.91. The molecule has 0 amide bonds. The average Bonchev–Trinajstić information content (AvgIpc) is 2.62. The number of rotatable bonds is 3. The van der Waals surface area contributed by atoms with Crippen LogP contribution in [0.5, 0.6) is 0 Å². The molecule has 0 aliphatic rings. The van der Waals surface area contributed by atoms with Gasteiger partial charge in [0.05, 0.1) is 12.2 Å². The van der Waals surface area contributed by atoms with Crippen molar-refractivity contribution in [3.8, 4) is 0 Å². The van der Waals surface area contributed by atoms with Gasteiger partial charge in [0.15, 0.2) is 4.77 Å². The Morgan fingerprint density at radius 2 is 2.40 bits per heavy atom. The van der Waals surface area contributed by atoms with E-state index in [-0.39, 0.29) is 0 Å². The first kappa shape index (κ1) is 10.0. The fourth-order valence-corrected chi connectivity index (χ4v) is 1.72. The zero-order valence-corrected chi connectivity index (χ0v) is 9.29. The van der Waals surface area contributed by atoms with Crippen molar-refractivity contribution in [1.29, 1.82) is 0 Å². The predicted molar refractivity (Wildman–Crippen MR) is 60.1 cm³/mol. The van der Waals surface area contributed by atoms with Gasteiger partial charge in [-0.1, -0.05) is 6.92 Å². The van der Waals surface area contributed by atoms with Gasteiger partial charge in [-0.3, -0.25) is 0 Å². The third kappa shape index (κ3) is 2.12. The highest BCUT2D eigenvalue weighted by Crippen LogP contribution is 2.05. The molecule has 5 heteroatoms. The minimum absolute atomic E-state index is 0.680. The summed E-state index contributed by atoms with van der Waals surface area (Å²) in [5.74, 6) is 0. The average molecular weight is 220 g/mol. The molecule has 4 nitrogen and oxygen atoms in total. The lowest BCUT2D eigenvalue weighted by molar-refractivity contribution is 0.706. The number of H-pyrrole nitrogens is 1. The summed E-state index contributed by atoms with van der Waals surface area (Å²) >= 11 is 5.20. The summed E-state index contributed by atoms with van der Waals surface area (Å²) in [6, 6.07) is 3.82. The molecule has 15 heavy (non-hydrogen) atoms. The summed E-state index contributed by atoms with van der Waals surface area (Å²) in [4.78, 5) is 3.04. The first-order chi connectivity index (χ1) is 7.31. The van der Waals surface area contributed by atoms with Crippen LogP contribution in [0, 0.1) is 4.77 Å². The number of nitrogens with zero attached hydrogens (tertiary/aromatic N) is 3. The van der Waals surface area contributed by atoms with Crippen molar-refractivity contribution in [2.45, 2.75) is 19.9 Å². The molecule has 0 radical (unpaired) electrons. The van der Waals surface area contributed by atoms with Crippen LogP contribution in [0.1, 0.15) is 18.3 Å². The topological polar surface area (TPSA) is 46.5 Å². The summed E-state index contributed by atoms with van der Waals surface area (Å²) in [6.45, 7) is 2.78. The molecular formula is C10H12N4S. The Balaban J connectivity index is 2.32. The normalized spacial score (nSPS) is 10.5. The van der Waals surface area contributed by atoms with Crippen LogP contribution in [0.4, 0.5) is 0 Å². The lowest BCUT2D eigenvalue weighted by Crippen LogP contribution is -2.05. The predicted octanol–water partition coefficient (Wildman–Crippen LogP) is 1.95. The number of aromatic nitrogens is 4. The highest BCUT2D eigenvalue weighted by molar-refractivity contribution is 7.71. The zero-order valence-electron chi connectivity index (χ0n) is 8.47. The number of nitrogens with one attached hydrogen (secondary N) is 1. The highest BCUT2D eigenvalue weighted by atomic mass is 32.1. The number of hydrogen-bond acceptors (Lipinski definition) is 3. The number of imidazole rings is 1. The first-order valence-corrected chi connectivity index (χ1v) is 5.25. The van der Waals surface area contributed by atoms with E-state index in [4.69, 9.17) is 12.2 Å². The van der Waals surface area contributed by atoms with Gasteiger partial charge in [-0.15, -0.1) is 0 Å². The molecular weight excluding hydrogens is 208 g/mol. The molecule has 0 saturated carbocycles. The van der Waals surface area contributed by atoms with Crippen molar-refractivity contribution < 1.29 is 0 Å². The van der Waals surface area contributed by atoms with Gasteiger partial charge in [-0.25, -0.2) is 0 Å². The maximum Gasteiger partial charge on any atom is 0.177 e. The lowest BCUT2D eigenvalue weighted by atomic mass is 10.3. The maximum absolute atomic E-state index is 5.20. The summed E-state index contributed by atoms with van der Waals surface area (Å²) in [6.07, 6.45) is 4.56. The van der Waals surface area contributed by atoms with Gasteiger partial charge in [-0.2, -0.15) is 10.2 Å². The van der Waals surface area contributed by atoms with Crippen molar-refractivity contribution >= 4 is 12.2 Å². The van der Waals surface area contributed by atoms with Crippen LogP contribution in [-0.4, -0.2) is 19.7 Å². The minimum Gasteiger partial charge on any atom is -0.337 e. The van der Waals surface area contributed by atoms with Gasteiger partial charge in [0.2, 0.25) is 0 Å². The van der Waals surface area contributed by atoms with Gasteiger partial charge in [0.25, 0.3) is 0 Å². The van der Waals surface area contributed by atoms with Gasteiger partial charge < -0.3 is 9.55 Å². The second-order valence-corrected chi connectivity index (χ2v) is 3.63. The molecule has 0 bridgehead atoms. The Labute approximate surface area is 93.0 Å². The molecule has 0 spiro atoms.